The monoisotopic (exact) mass is 283 g/mol. The molecule has 0 aliphatic heterocycles. The van der Waals surface area contributed by atoms with Crippen molar-refractivity contribution in [2.45, 2.75) is 19.8 Å². The Balaban J connectivity index is 2.11. The number of aryl methyl sites for hydroxylation is 1. The number of benzene rings is 1. The summed E-state index contributed by atoms with van der Waals surface area (Å²) in [6.45, 7) is 1.98. The number of hydrogen-bond donors (Lipinski definition) is 2. The molecular weight excluding hydrogens is 266 g/mol. The summed E-state index contributed by atoms with van der Waals surface area (Å²) in [5, 5.41) is 11.5. The minimum absolute atomic E-state index is 0.0453. The summed E-state index contributed by atoms with van der Waals surface area (Å²) in [4.78, 5) is 12.2. The standard InChI is InChI=1S/C17H17NO3/c1-2-16-15(9-11-21-16)17(20)18-14-8-5-7-13(12-14)6-3-4-10-19/h5,7-9,11-12,19H,2,4,10H2,1H3,(H,18,20). The normalized spacial score (nSPS) is 9.81. The summed E-state index contributed by atoms with van der Waals surface area (Å²) in [5.41, 5.74) is 2.03. The highest BCUT2D eigenvalue weighted by Crippen LogP contribution is 2.15. The Kier molecular flexibility index (Phi) is 5.19. The number of amides is 1. The first-order valence-corrected chi connectivity index (χ1v) is 6.82. The Morgan fingerprint density at radius 3 is 3.00 bits per heavy atom. The van der Waals surface area contributed by atoms with Gasteiger partial charge in [-0.15, -0.1) is 0 Å². The number of hydrogen-bond acceptors (Lipinski definition) is 3. The molecule has 4 heteroatoms. The van der Waals surface area contributed by atoms with E-state index in [1.165, 1.54) is 6.26 Å². The van der Waals surface area contributed by atoms with Crippen LogP contribution in [0.5, 0.6) is 0 Å². The molecule has 0 aliphatic rings. The van der Waals surface area contributed by atoms with Crippen LogP contribution in [0.1, 0.15) is 35.0 Å². The maximum Gasteiger partial charge on any atom is 0.259 e. The molecule has 4 nitrogen and oxygen atoms in total. The van der Waals surface area contributed by atoms with E-state index in [0.717, 1.165) is 5.56 Å². The van der Waals surface area contributed by atoms with Crippen LogP contribution in [0, 0.1) is 11.8 Å². The largest absolute Gasteiger partial charge is 0.469 e. The Bertz CT molecular complexity index is 677. The van der Waals surface area contributed by atoms with Crippen molar-refractivity contribution >= 4 is 11.6 Å². The first-order chi connectivity index (χ1) is 10.2. The first kappa shape index (κ1) is 14.9. The number of rotatable bonds is 4. The van der Waals surface area contributed by atoms with E-state index in [9.17, 15) is 4.79 Å². The Labute approximate surface area is 123 Å². The summed E-state index contributed by atoms with van der Waals surface area (Å²) >= 11 is 0. The van der Waals surface area contributed by atoms with Gasteiger partial charge in [0.2, 0.25) is 0 Å². The molecule has 0 saturated heterocycles. The van der Waals surface area contributed by atoms with Gasteiger partial charge < -0.3 is 14.8 Å². The zero-order chi connectivity index (χ0) is 15.1. The van der Waals surface area contributed by atoms with Crippen LogP contribution in [0.2, 0.25) is 0 Å². The third kappa shape index (κ3) is 3.98. The highest BCUT2D eigenvalue weighted by atomic mass is 16.3. The fourth-order valence-electron chi connectivity index (χ4n) is 1.91. The Morgan fingerprint density at radius 1 is 1.38 bits per heavy atom. The summed E-state index contributed by atoms with van der Waals surface area (Å²) in [7, 11) is 0. The van der Waals surface area contributed by atoms with Crippen LogP contribution >= 0.6 is 0 Å². The van der Waals surface area contributed by atoms with Crippen molar-refractivity contribution in [3.8, 4) is 11.8 Å². The van der Waals surface area contributed by atoms with Crippen molar-refractivity contribution < 1.29 is 14.3 Å². The van der Waals surface area contributed by atoms with Crippen LogP contribution in [0.4, 0.5) is 5.69 Å². The van der Waals surface area contributed by atoms with Gasteiger partial charge >= 0.3 is 0 Å². The molecule has 2 rings (SSSR count). The molecular formula is C17H17NO3. The molecule has 0 unspecified atom stereocenters. The maximum atomic E-state index is 12.2. The summed E-state index contributed by atoms with van der Waals surface area (Å²) < 4.78 is 5.25. The van der Waals surface area contributed by atoms with Gasteiger partial charge in [-0.05, 0) is 24.3 Å². The van der Waals surface area contributed by atoms with E-state index >= 15 is 0 Å². The molecule has 2 aromatic rings. The topological polar surface area (TPSA) is 62.5 Å². The average molecular weight is 283 g/mol. The van der Waals surface area contributed by atoms with Crippen LogP contribution < -0.4 is 5.32 Å². The third-order valence-corrected chi connectivity index (χ3v) is 2.90. The number of aliphatic hydroxyl groups is 1. The predicted molar refractivity (Wildman–Crippen MR) is 81.1 cm³/mol. The lowest BCUT2D eigenvalue weighted by atomic mass is 10.1. The van der Waals surface area contributed by atoms with Gasteiger partial charge in [-0.1, -0.05) is 24.8 Å². The van der Waals surface area contributed by atoms with E-state index in [0.29, 0.717) is 29.9 Å². The zero-order valence-corrected chi connectivity index (χ0v) is 11.8. The molecule has 0 saturated carbocycles. The number of aliphatic hydroxyl groups excluding tert-OH is 1. The van der Waals surface area contributed by atoms with Crippen molar-refractivity contribution in [2.24, 2.45) is 0 Å². The number of anilines is 1. The van der Waals surface area contributed by atoms with Crippen molar-refractivity contribution in [3.05, 3.63) is 53.5 Å². The minimum Gasteiger partial charge on any atom is -0.469 e. The molecule has 0 radical (unpaired) electrons. The number of carbonyl (C=O) groups excluding carboxylic acids is 1. The van der Waals surface area contributed by atoms with E-state index in [1.54, 1.807) is 18.2 Å². The van der Waals surface area contributed by atoms with E-state index in [1.807, 2.05) is 19.1 Å². The zero-order valence-electron chi connectivity index (χ0n) is 11.8. The summed E-state index contributed by atoms with van der Waals surface area (Å²) in [6.07, 6.45) is 2.62. The smallest absolute Gasteiger partial charge is 0.259 e. The van der Waals surface area contributed by atoms with E-state index in [4.69, 9.17) is 9.52 Å². The molecule has 1 aromatic heterocycles. The van der Waals surface area contributed by atoms with Gasteiger partial charge in [0.05, 0.1) is 18.4 Å². The molecule has 0 bridgehead atoms. The lowest BCUT2D eigenvalue weighted by Crippen LogP contribution is -2.12. The maximum absolute atomic E-state index is 12.2. The van der Waals surface area contributed by atoms with E-state index in [2.05, 4.69) is 17.2 Å². The Morgan fingerprint density at radius 2 is 2.24 bits per heavy atom. The van der Waals surface area contributed by atoms with E-state index in [-0.39, 0.29) is 12.5 Å². The SMILES string of the molecule is CCc1occc1C(=O)Nc1cccc(C#CCCO)c1. The van der Waals surface area contributed by atoms with Crippen molar-refractivity contribution in [3.63, 3.8) is 0 Å². The highest BCUT2D eigenvalue weighted by Gasteiger charge is 2.13. The van der Waals surface area contributed by atoms with Crippen LogP contribution in [0.25, 0.3) is 0 Å². The van der Waals surface area contributed by atoms with Gasteiger partial charge in [0.25, 0.3) is 5.91 Å². The second kappa shape index (κ2) is 7.32. The number of furan rings is 1. The lowest BCUT2D eigenvalue weighted by molar-refractivity contribution is 0.102. The summed E-state index contributed by atoms with van der Waals surface area (Å²) in [5.74, 6) is 6.27. The molecule has 0 aliphatic carbocycles. The minimum atomic E-state index is -0.193. The first-order valence-electron chi connectivity index (χ1n) is 6.82. The van der Waals surface area contributed by atoms with Crippen LogP contribution in [-0.2, 0) is 6.42 Å². The van der Waals surface area contributed by atoms with Crippen molar-refractivity contribution in [1.82, 2.24) is 0 Å². The fourth-order valence-corrected chi connectivity index (χ4v) is 1.91. The molecule has 1 heterocycles. The predicted octanol–water partition coefficient (Wildman–Crippen LogP) is 2.83. The lowest BCUT2D eigenvalue weighted by Gasteiger charge is -2.05. The molecule has 0 spiro atoms. The highest BCUT2D eigenvalue weighted by molar-refractivity contribution is 6.05. The van der Waals surface area contributed by atoms with Gasteiger partial charge in [-0.3, -0.25) is 4.79 Å². The second-order valence-electron chi connectivity index (χ2n) is 4.42. The third-order valence-electron chi connectivity index (χ3n) is 2.90. The molecule has 1 aromatic carbocycles. The van der Waals surface area contributed by atoms with Crippen LogP contribution in [0.3, 0.4) is 0 Å². The van der Waals surface area contributed by atoms with Gasteiger partial charge in [0.1, 0.15) is 5.76 Å². The molecule has 1 amide bonds. The summed E-state index contributed by atoms with van der Waals surface area (Å²) in [6, 6.07) is 8.96. The molecule has 108 valence electrons. The fraction of sp³-hybridized carbons (Fsp3) is 0.235. The number of nitrogens with one attached hydrogen (secondary N) is 1. The Hall–Kier alpha value is -2.51. The van der Waals surface area contributed by atoms with E-state index < -0.39 is 0 Å². The number of carbonyl (C=O) groups is 1. The second-order valence-corrected chi connectivity index (χ2v) is 4.42. The molecule has 21 heavy (non-hydrogen) atoms. The molecule has 0 atom stereocenters. The quantitative estimate of drug-likeness (QED) is 0.848. The van der Waals surface area contributed by atoms with Crippen LogP contribution in [0.15, 0.2) is 41.0 Å². The molecule has 2 N–H and O–H groups in total. The van der Waals surface area contributed by atoms with Crippen LogP contribution in [-0.4, -0.2) is 17.6 Å². The molecule has 0 fully saturated rings. The van der Waals surface area contributed by atoms with Crippen molar-refractivity contribution in [2.75, 3.05) is 11.9 Å². The van der Waals surface area contributed by atoms with Gasteiger partial charge in [-0.2, -0.15) is 0 Å². The van der Waals surface area contributed by atoms with Gasteiger partial charge in [0, 0.05) is 24.1 Å². The average Bonchev–Trinajstić information content (AvgIpc) is 2.96. The van der Waals surface area contributed by atoms with Gasteiger partial charge in [-0.25, -0.2) is 0 Å². The van der Waals surface area contributed by atoms with Gasteiger partial charge in [0.15, 0.2) is 0 Å². The van der Waals surface area contributed by atoms with Crippen molar-refractivity contribution in [1.29, 1.82) is 0 Å².